The zero-order valence-corrected chi connectivity index (χ0v) is 14.3. The van der Waals surface area contributed by atoms with E-state index in [1.807, 2.05) is 30.1 Å². The molecule has 1 atom stereocenters. The van der Waals surface area contributed by atoms with Gasteiger partial charge in [-0.1, -0.05) is 17.7 Å². The van der Waals surface area contributed by atoms with Crippen LogP contribution in [0.15, 0.2) is 24.3 Å². The van der Waals surface area contributed by atoms with Gasteiger partial charge in [-0.3, -0.25) is 9.69 Å². The molecule has 0 radical (unpaired) electrons. The van der Waals surface area contributed by atoms with Crippen LogP contribution in [0.5, 0.6) is 5.75 Å². The zero-order valence-electron chi connectivity index (χ0n) is 13.6. The van der Waals surface area contributed by atoms with Crippen LogP contribution in [-0.2, 0) is 9.53 Å². The Balaban J connectivity index is 1.53. The predicted octanol–water partition coefficient (Wildman–Crippen LogP) is 2.34. The third-order valence-corrected chi connectivity index (χ3v) is 3.95. The highest BCUT2D eigenvalue weighted by Crippen LogP contribution is 2.17. The summed E-state index contributed by atoms with van der Waals surface area (Å²) in [4.78, 5) is 13.8. The molecule has 1 N–H and O–H groups in total. The van der Waals surface area contributed by atoms with E-state index >= 15 is 0 Å². The number of rotatable bonds is 9. The van der Waals surface area contributed by atoms with Gasteiger partial charge >= 0.3 is 0 Å². The summed E-state index contributed by atoms with van der Waals surface area (Å²) in [6.45, 7) is 3.22. The van der Waals surface area contributed by atoms with Crippen LogP contribution in [0, 0.1) is 0 Å². The average molecular weight is 341 g/mol. The van der Waals surface area contributed by atoms with Crippen molar-refractivity contribution in [1.29, 1.82) is 0 Å². The first-order valence-corrected chi connectivity index (χ1v) is 8.46. The van der Waals surface area contributed by atoms with Crippen LogP contribution in [0.3, 0.4) is 0 Å². The van der Waals surface area contributed by atoms with E-state index in [9.17, 15) is 4.79 Å². The molecule has 1 unspecified atom stereocenters. The lowest BCUT2D eigenvalue weighted by molar-refractivity contribution is -0.122. The van der Waals surface area contributed by atoms with Crippen LogP contribution in [-0.4, -0.2) is 56.8 Å². The van der Waals surface area contributed by atoms with Gasteiger partial charge in [-0.2, -0.15) is 0 Å². The van der Waals surface area contributed by atoms with Gasteiger partial charge in [-0.25, -0.2) is 0 Å². The lowest BCUT2D eigenvalue weighted by atomic mass is 10.2. The molecule has 1 amide bonds. The van der Waals surface area contributed by atoms with Gasteiger partial charge < -0.3 is 14.8 Å². The number of amides is 1. The molecule has 6 heteroatoms. The number of benzene rings is 1. The molecule has 0 aromatic heterocycles. The molecule has 1 heterocycles. The van der Waals surface area contributed by atoms with Crippen molar-refractivity contribution in [2.45, 2.75) is 25.4 Å². The van der Waals surface area contributed by atoms with E-state index < -0.39 is 0 Å². The maximum atomic E-state index is 11.8. The number of hydrogen-bond acceptors (Lipinski definition) is 4. The fourth-order valence-corrected chi connectivity index (χ4v) is 2.67. The Bertz CT molecular complexity index is 492. The van der Waals surface area contributed by atoms with Gasteiger partial charge in [0.15, 0.2) is 0 Å². The Kier molecular flexibility index (Phi) is 7.65. The molecular formula is C17H25ClN2O3. The summed E-state index contributed by atoms with van der Waals surface area (Å²) in [5.74, 6) is 0.813. The maximum absolute atomic E-state index is 11.8. The molecular weight excluding hydrogens is 316 g/mol. The van der Waals surface area contributed by atoms with Gasteiger partial charge in [0.2, 0.25) is 5.91 Å². The Morgan fingerprint density at radius 2 is 2.39 bits per heavy atom. The lowest BCUT2D eigenvalue weighted by Gasteiger charge is -2.17. The van der Waals surface area contributed by atoms with E-state index in [0.29, 0.717) is 24.7 Å². The molecule has 5 nitrogen and oxygen atoms in total. The van der Waals surface area contributed by atoms with Gasteiger partial charge in [0.05, 0.1) is 19.3 Å². The number of carbonyl (C=O) groups excluding carboxylic acids is 1. The molecule has 1 aromatic carbocycles. The number of nitrogens with one attached hydrogen (secondary N) is 1. The van der Waals surface area contributed by atoms with Crippen molar-refractivity contribution >= 4 is 17.5 Å². The molecule has 0 bridgehead atoms. The largest absolute Gasteiger partial charge is 0.493 e. The van der Waals surface area contributed by atoms with Gasteiger partial charge in [-0.15, -0.1) is 0 Å². The number of hydrogen-bond donors (Lipinski definition) is 1. The first-order chi connectivity index (χ1) is 11.1. The third kappa shape index (κ3) is 7.20. The van der Waals surface area contributed by atoms with Crippen molar-refractivity contribution in [2.75, 3.05) is 39.9 Å². The van der Waals surface area contributed by atoms with Gasteiger partial charge in [0.1, 0.15) is 5.75 Å². The molecule has 0 saturated carbocycles. The Hall–Kier alpha value is -1.30. The summed E-state index contributed by atoms with van der Waals surface area (Å²) >= 11 is 5.90. The highest BCUT2D eigenvalue weighted by molar-refractivity contribution is 6.30. The normalized spacial score (nSPS) is 17.4. The monoisotopic (exact) mass is 340 g/mol. The summed E-state index contributed by atoms with van der Waals surface area (Å²) in [5, 5.41) is 3.60. The molecule has 2 rings (SSSR count). The molecule has 1 aromatic rings. The van der Waals surface area contributed by atoms with Crippen LogP contribution in [0.25, 0.3) is 0 Å². The van der Waals surface area contributed by atoms with Gasteiger partial charge in [0, 0.05) is 24.7 Å². The molecule has 1 aliphatic heterocycles. The Labute approximate surface area is 142 Å². The third-order valence-electron chi connectivity index (χ3n) is 3.71. The van der Waals surface area contributed by atoms with E-state index in [1.165, 1.54) is 0 Å². The van der Waals surface area contributed by atoms with Crippen LogP contribution in [0.2, 0.25) is 5.02 Å². The second kappa shape index (κ2) is 9.75. The lowest BCUT2D eigenvalue weighted by Crippen LogP contribution is -2.39. The second-order valence-corrected chi connectivity index (χ2v) is 6.27. The fraction of sp³-hybridized carbons (Fsp3) is 0.588. The minimum Gasteiger partial charge on any atom is -0.493 e. The second-order valence-electron chi connectivity index (χ2n) is 5.84. The van der Waals surface area contributed by atoms with E-state index in [4.69, 9.17) is 21.1 Å². The summed E-state index contributed by atoms with van der Waals surface area (Å²) in [7, 11) is 1.94. The molecule has 0 spiro atoms. The number of carbonyl (C=O) groups is 1. The molecule has 128 valence electrons. The van der Waals surface area contributed by atoms with E-state index in [2.05, 4.69) is 5.32 Å². The van der Waals surface area contributed by atoms with Crippen molar-refractivity contribution in [1.82, 2.24) is 10.2 Å². The van der Waals surface area contributed by atoms with Crippen molar-refractivity contribution in [3.63, 3.8) is 0 Å². The smallest absolute Gasteiger partial charge is 0.234 e. The zero-order chi connectivity index (χ0) is 16.5. The van der Waals surface area contributed by atoms with Crippen LogP contribution >= 0.6 is 11.6 Å². The quantitative estimate of drug-likeness (QED) is 0.701. The molecule has 0 aliphatic carbocycles. The number of nitrogens with zero attached hydrogens (tertiary/aromatic N) is 1. The highest BCUT2D eigenvalue weighted by atomic mass is 35.5. The Morgan fingerprint density at radius 3 is 3.13 bits per heavy atom. The summed E-state index contributed by atoms with van der Waals surface area (Å²) in [5.41, 5.74) is 0. The SMILES string of the molecule is CN(CCCOc1cccc(Cl)c1)CC(=O)NCC1CCCO1. The number of likely N-dealkylation sites (N-methyl/N-ethyl adjacent to an activating group) is 1. The Morgan fingerprint density at radius 1 is 1.52 bits per heavy atom. The maximum Gasteiger partial charge on any atom is 0.234 e. The summed E-state index contributed by atoms with van der Waals surface area (Å²) in [6.07, 6.45) is 3.17. The summed E-state index contributed by atoms with van der Waals surface area (Å²) < 4.78 is 11.1. The van der Waals surface area contributed by atoms with Crippen LogP contribution in [0.4, 0.5) is 0 Å². The summed E-state index contributed by atoms with van der Waals surface area (Å²) in [6, 6.07) is 7.36. The van der Waals surface area contributed by atoms with Crippen LogP contribution < -0.4 is 10.1 Å². The topological polar surface area (TPSA) is 50.8 Å². The van der Waals surface area contributed by atoms with Crippen molar-refractivity contribution in [3.05, 3.63) is 29.3 Å². The fourth-order valence-electron chi connectivity index (χ4n) is 2.49. The highest BCUT2D eigenvalue weighted by Gasteiger charge is 2.16. The van der Waals surface area contributed by atoms with Crippen molar-refractivity contribution in [3.8, 4) is 5.75 Å². The first kappa shape index (κ1) is 18.0. The van der Waals surface area contributed by atoms with E-state index in [-0.39, 0.29) is 12.0 Å². The number of halogens is 1. The minimum atomic E-state index is 0.0405. The van der Waals surface area contributed by atoms with Crippen LogP contribution in [0.1, 0.15) is 19.3 Å². The molecule has 1 aliphatic rings. The standard InChI is InChI=1S/C17H25ClN2O3/c1-20(13-17(21)19-12-16-7-3-9-23-16)8-4-10-22-15-6-2-5-14(18)11-15/h2,5-6,11,16H,3-4,7-10,12-13H2,1H3,(H,19,21). The van der Waals surface area contributed by atoms with E-state index in [0.717, 1.165) is 38.2 Å². The molecule has 1 saturated heterocycles. The van der Waals surface area contributed by atoms with E-state index in [1.54, 1.807) is 6.07 Å². The van der Waals surface area contributed by atoms with Gasteiger partial charge in [-0.05, 0) is 44.5 Å². The predicted molar refractivity (Wildman–Crippen MR) is 91.0 cm³/mol. The first-order valence-electron chi connectivity index (χ1n) is 8.08. The average Bonchev–Trinajstić information content (AvgIpc) is 3.03. The number of ether oxygens (including phenoxy) is 2. The van der Waals surface area contributed by atoms with Gasteiger partial charge in [0.25, 0.3) is 0 Å². The molecule has 1 fully saturated rings. The van der Waals surface area contributed by atoms with Crippen molar-refractivity contribution in [2.24, 2.45) is 0 Å². The van der Waals surface area contributed by atoms with Crippen molar-refractivity contribution < 1.29 is 14.3 Å². The minimum absolute atomic E-state index is 0.0405. The molecule has 23 heavy (non-hydrogen) atoms.